The van der Waals surface area contributed by atoms with E-state index in [1.54, 1.807) is 6.08 Å². The molecule has 0 fully saturated rings. The van der Waals surface area contributed by atoms with Gasteiger partial charge in [-0.15, -0.1) is 0 Å². The molecule has 3 heteroatoms. The van der Waals surface area contributed by atoms with Crippen LogP contribution in [0.15, 0.2) is 34.4 Å². The third kappa shape index (κ3) is 1.50. The van der Waals surface area contributed by atoms with Crippen molar-refractivity contribution < 1.29 is 9.90 Å². The molecule has 1 atom stereocenters. The summed E-state index contributed by atoms with van der Waals surface area (Å²) in [7, 11) is 0. The summed E-state index contributed by atoms with van der Waals surface area (Å²) in [4.78, 5) is 10.8. The Morgan fingerprint density at radius 1 is 1.67 bits per heavy atom. The predicted octanol–water partition coefficient (Wildman–Crippen LogP) is 2.48. The highest BCUT2D eigenvalue weighted by Crippen LogP contribution is 2.31. The minimum Gasteiger partial charge on any atom is -0.478 e. The summed E-state index contributed by atoms with van der Waals surface area (Å²) >= 11 is 3.19. The maximum atomic E-state index is 10.8. The monoisotopic (exact) mass is 228 g/mol. The van der Waals surface area contributed by atoms with Gasteiger partial charge in [-0.05, 0) is 11.6 Å². The Labute approximate surface area is 79.4 Å². The van der Waals surface area contributed by atoms with E-state index in [2.05, 4.69) is 22.5 Å². The first kappa shape index (κ1) is 9.26. The Bertz CT molecular complexity index is 300. The van der Waals surface area contributed by atoms with Crippen molar-refractivity contribution in [3.63, 3.8) is 0 Å². The molecule has 1 N–H and O–H groups in total. The highest BCUT2D eigenvalue weighted by molar-refractivity contribution is 9.12. The summed E-state index contributed by atoms with van der Waals surface area (Å²) in [6.07, 6.45) is 3.53. The van der Waals surface area contributed by atoms with Crippen LogP contribution < -0.4 is 0 Å². The van der Waals surface area contributed by atoms with Crippen LogP contribution in [0.3, 0.4) is 0 Å². The van der Waals surface area contributed by atoms with E-state index in [4.69, 9.17) is 5.11 Å². The number of halogens is 1. The van der Waals surface area contributed by atoms with E-state index in [1.807, 2.05) is 13.0 Å². The zero-order valence-electron chi connectivity index (χ0n) is 6.67. The molecule has 2 nitrogen and oxygen atoms in total. The summed E-state index contributed by atoms with van der Waals surface area (Å²) in [6, 6.07) is 0. The largest absolute Gasteiger partial charge is 0.478 e. The van der Waals surface area contributed by atoms with Gasteiger partial charge in [-0.1, -0.05) is 35.5 Å². The smallest absolute Gasteiger partial charge is 0.333 e. The van der Waals surface area contributed by atoms with Gasteiger partial charge < -0.3 is 5.11 Å². The van der Waals surface area contributed by atoms with Crippen LogP contribution in [-0.4, -0.2) is 11.1 Å². The molecule has 0 saturated carbocycles. The minimum atomic E-state index is -0.889. The zero-order valence-corrected chi connectivity index (χ0v) is 8.26. The van der Waals surface area contributed by atoms with Crippen molar-refractivity contribution in [1.29, 1.82) is 0 Å². The lowest BCUT2D eigenvalue weighted by Gasteiger charge is -2.17. The van der Waals surface area contributed by atoms with E-state index in [0.29, 0.717) is 10.1 Å². The molecule has 0 radical (unpaired) electrons. The molecule has 1 unspecified atom stereocenters. The second-order valence-electron chi connectivity index (χ2n) is 2.70. The van der Waals surface area contributed by atoms with Crippen LogP contribution in [0, 0.1) is 5.92 Å². The third-order valence-electron chi connectivity index (χ3n) is 1.92. The van der Waals surface area contributed by atoms with Gasteiger partial charge in [-0.3, -0.25) is 0 Å². The minimum absolute atomic E-state index is 0.109. The molecule has 0 saturated heterocycles. The molecule has 0 heterocycles. The summed E-state index contributed by atoms with van der Waals surface area (Å²) in [6.45, 7) is 5.59. The van der Waals surface area contributed by atoms with Gasteiger partial charge in [0.1, 0.15) is 0 Å². The highest BCUT2D eigenvalue weighted by atomic mass is 79.9. The topological polar surface area (TPSA) is 37.3 Å². The summed E-state index contributed by atoms with van der Waals surface area (Å²) < 4.78 is 0.634. The van der Waals surface area contributed by atoms with E-state index in [0.717, 1.165) is 5.57 Å². The molecule has 64 valence electrons. The van der Waals surface area contributed by atoms with Gasteiger partial charge >= 0.3 is 5.97 Å². The molecule has 0 aromatic heterocycles. The lowest BCUT2D eigenvalue weighted by atomic mass is 9.90. The number of allylic oxidation sites excluding steroid dienone is 4. The molecule has 1 aliphatic rings. The van der Waals surface area contributed by atoms with Gasteiger partial charge in [-0.25, -0.2) is 4.79 Å². The van der Waals surface area contributed by atoms with Crippen LogP contribution >= 0.6 is 15.9 Å². The van der Waals surface area contributed by atoms with Crippen molar-refractivity contribution in [2.45, 2.75) is 6.92 Å². The maximum Gasteiger partial charge on any atom is 0.333 e. The number of hydrogen-bond donors (Lipinski definition) is 1. The van der Waals surface area contributed by atoms with Crippen LogP contribution in [0.25, 0.3) is 0 Å². The van der Waals surface area contributed by atoms with E-state index in [-0.39, 0.29) is 5.92 Å². The van der Waals surface area contributed by atoms with Crippen molar-refractivity contribution >= 4 is 21.9 Å². The Kier molecular flexibility index (Phi) is 2.52. The number of aliphatic carboxylic acids is 1. The second kappa shape index (κ2) is 3.27. The molecule has 0 spiro atoms. The van der Waals surface area contributed by atoms with E-state index in [9.17, 15) is 4.79 Å². The number of hydrogen-bond acceptors (Lipinski definition) is 1. The van der Waals surface area contributed by atoms with E-state index in [1.165, 1.54) is 0 Å². The zero-order chi connectivity index (χ0) is 9.30. The molecule has 0 amide bonds. The van der Waals surface area contributed by atoms with Gasteiger partial charge in [-0.2, -0.15) is 0 Å². The molecule has 0 aromatic carbocycles. The number of carboxylic acids is 1. The summed E-state index contributed by atoms with van der Waals surface area (Å²) in [5.74, 6) is -0.998. The molecule has 0 aromatic rings. The summed E-state index contributed by atoms with van der Waals surface area (Å²) in [5, 5.41) is 8.83. The third-order valence-corrected chi connectivity index (χ3v) is 2.61. The predicted molar refractivity (Wildman–Crippen MR) is 51.0 cm³/mol. The SMILES string of the molecule is C=C1C=CC(Br)=C(C(=O)O)C1C. The van der Waals surface area contributed by atoms with Crippen molar-refractivity contribution in [3.8, 4) is 0 Å². The fourth-order valence-corrected chi connectivity index (χ4v) is 1.74. The van der Waals surface area contributed by atoms with Crippen molar-refractivity contribution in [1.82, 2.24) is 0 Å². The molecule has 0 aliphatic heterocycles. The first-order valence-corrected chi connectivity index (χ1v) is 4.33. The lowest BCUT2D eigenvalue weighted by molar-refractivity contribution is -0.133. The lowest BCUT2D eigenvalue weighted by Crippen LogP contribution is -2.14. The van der Waals surface area contributed by atoms with Crippen LogP contribution in [0.2, 0.25) is 0 Å². The highest BCUT2D eigenvalue weighted by Gasteiger charge is 2.22. The molecule has 0 bridgehead atoms. The first-order valence-electron chi connectivity index (χ1n) is 3.54. The van der Waals surface area contributed by atoms with E-state index >= 15 is 0 Å². The molecular formula is C9H9BrO2. The second-order valence-corrected chi connectivity index (χ2v) is 3.55. The molecular weight excluding hydrogens is 220 g/mol. The van der Waals surface area contributed by atoms with E-state index < -0.39 is 5.97 Å². The number of rotatable bonds is 1. The molecule has 1 aliphatic carbocycles. The Balaban J connectivity index is 3.14. The molecule has 12 heavy (non-hydrogen) atoms. The Morgan fingerprint density at radius 3 is 2.67 bits per heavy atom. The van der Waals surface area contributed by atoms with Gasteiger partial charge in [0.05, 0.1) is 5.57 Å². The molecule has 1 rings (SSSR count). The van der Waals surface area contributed by atoms with Gasteiger partial charge in [0.2, 0.25) is 0 Å². The fourth-order valence-electron chi connectivity index (χ4n) is 1.09. The standard InChI is InChI=1S/C9H9BrO2/c1-5-3-4-7(10)8(6(5)2)9(11)12/h3-4,6H,1H2,2H3,(H,11,12). The van der Waals surface area contributed by atoms with Crippen molar-refractivity contribution in [2.75, 3.05) is 0 Å². The number of carbonyl (C=O) groups is 1. The average Bonchev–Trinajstić information content (AvgIpc) is 1.97. The fraction of sp³-hybridized carbons (Fsp3) is 0.222. The van der Waals surface area contributed by atoms with Gasteiger partial charge in [0, 0.05) is 10.4 Å². The van der Waals surface area contributed by atoms with Gasteiger partial charge in [0.25, 0.3) is 0 Å². The van der Waals surface area contributed by atoms with Crippen LogP contribution in [0.1, 0.15) is 6.92 Å². The first-order chi connectivity index (χ1) is 5.54. The van der Waals surface area contributed by atoms with Gasteiger partial charge in [0.15, 0.2) is 0 Å². The number of carboxylic acid groups (broad SMARTS) is 1. The normalized spacial score (nSPS) is 23.2. The van der Waals surface area contributed by atoms with Crippen LogP contribution in [0.5, 0.6) is 0 Å². The Morgan fingerprint density at radius 2 is 2.25 bits per heavy atom. The Hall–Kier alpha value is -0.830. The van der Waals surface area contributed by atoms with Crippen molar-refractivity contribution in [2.24, 2.45) is 5.92 Å². The maximum absolute atomic E-state index is 10.8. The van der Waals surface area contributed by atoms with Crippen molar-refractivity contribution in [3.05, 3.63) is 34.4 Å². The van der Waals surface area contributed by atoms with Crippen LogP contribution in [-0.2, 0) is 4.79 Å². The quantitative estimate of drug-likeness (QED) is 0.749. The summed E-state index contributed by atoms with van der Waals surface area (Å²) in [5.41, 5.74) is 1.21. The van der Waals surface area contributed by atoms with Crippen LogP contribution in [0.4, 0.5) is 0 Å². The average molecular weight is 229 g/mol.